The molecule has 0 aromatic heterocycles. The van der Waals surface area contributed by atoms with Crippen molar-refractivity contribution in [2.24, 2.45) is 5.73 Å². The molecular formula is C16H28N2O3. The lowest BCUT2D eigenvalue weighted by atomic mass is 10.1. The van der Waals surface area contributed by atoms with E-state index in [2.05, 4.69) is 17.0 Å². The summed E-state index contributed by atoms with van der Waals surface area (Å²) in [6, 6.07) is 6.20. The fraction of sp³-hybridized carbons (Fsp3) is 0.625. The van der Waals surface area contributed by atoms with Crippen LogP contribution in [0.15, 0.2) is 18.2 Å². The lowest BCUT2D eigenvalue weighted by Gasteiger charge is -2.22. The molecule has 0 bridgehead atoms. The quantitative estimate of drug-likeness (QED) is 0.629. The third-order valence-corrected chi connectivity index (χ3v) is 3.41. The van der Waals surface area contributed by atoms with Crippen LogP contribution in [0, 0.1) is 0 Å². The Morgan fingerprint density at radius 3 is 2.43 bits per heavy atom. The minimum absolute atomic E-state index is 0.485. The standard InChI is InChI=1S/C16H28N2O3/c1-19-9-4-7-18(8-10-20-2)13-14-5-6-16(21-3)15(11-14)12-17/h5-6,11H,4,7-10,12-13,17H2,1-3H3. The van der Waals surface area contributed by atoms with Gasteiger partial charge in [-0.3, -0.25) is 4.90 Å². The highest BCUT2D eigenvalue weighted by atomic mass is 16.5. The third kappa shape index (κ3) is 6.44. The molecule has 0 amide bonds. The van der Waals surface area contributed by atoms with Gasteiger partial charge in [-0.15, -0.1) is 0 Å². The molecule has 21 heavy (non-hydrogen) atoms. The van der Waals surface area contributed by atoms with Crippen molar-refractivity contribution in [3.63, 3.8) is 0 Å². The summed E-state index contributed by atoms with van der Waals surface area (Å²) < 4.78 is 15.6. The molecule has 5 heteroatoms. The normalized spacial score (nSPS) is 11.1. The lowest BCUT2D eigenvalue weighted by Crippen LogP contribution is -2.28. The molecule has 0 heterocycles. The van der Waals surface area contributed by atoms with Gasteiger partial charge in [0, 0.05) is 52.6 Å². The number of methoxy groups -OCH3 is 3. The van der Waals surface area contributed by atoms with Gasteiger partial charge < -0.3 is 19.9 Å². The van der Waals surface area contributed by atoms with Crippen LogP contribution in [0.5, 0.6) is 5.75 Å². The Morgan fingerprint density at radius 1 is 1.05 bits per heavy atom. The van der Waals surface area contributed by atoms with Crippen LogP contribution in [0.4, 0.5) is 0 Å². The summed E-state index contributed by atoms with van der Waals surface area (Å²) in [6.45, 7) is 4.77. The summed E-state index contributed by atoms with van der Waals surface area (Å²) in [5.41, 5.74) is 8.06. The number of hydrogen-bond acceptors (Lipinski definition) is 5. The lowest BCUT2D eigenvalue weighted by molar-refractivity contribution is 0.129. The van der Waals surface area contributed by atoms with Crippen molar-refractivity contribution in [2.75, 3.05) is 47.6 Å². The van der Waals surface area contributed by atoms with E-state index in [1.165, 1.54) is 5.56 Å². The minimum atomic E-state index is 0.485. The third-order valence-electron chi connectivity index (χ3n) is 3.41. The van der Waals surface area contributed by atoms with Gasteiger partial charge >= 0.3 is 0 Å². The first-order valence-electron chi connectivity index (χ1n) is 7.31. The van der Waals surface area contributed by atoms with Crippen LogP contribution in [-0.4, -0.2) is 52.5 Å². The molecule has 0 atom stereocenters. The summed E-state index contributed by atoms with van der Waals surface area (Å²) in [4.78, 5) is 2.37. The highest BCUT2D eigenvalue weighted by molar-refractivity contribution is 5.37. The molecule has 1 aromatic carbocycles. The molecule has 0 radical (unpaired) electrons. The first-order valence-corrected chi connectivity index (χ1v) is 7.31. The molecule has 1 rings (SSSR count). The predicted molar refractivity (Wildman–Crippen MR) is 84.5 cm³/mol. The first kappa shape index (κ1) is 17.9. The maximum atomic E-state index is 5.77. The van der Waals surface area contributed by atoms with E-state index in [4.69, 9.17) is 19.9 Å². The van der Waals surface area contributed by atoms with Gasteiger partial charge in [0.1, 0.15) is 5.75 Å². The van der Waals surface area contributed by atoms with E-state index in [9.17, 15) is 0 Å². The molecule has 120 valence electrons. The molecule has 0 aliphatic rings. The maximum Gasteiger partial charge on any atom is 0.123 e. The number of benzene rings is 1. The first-order chi connectivity index (χ1) is 10.2. The number of nitrogens with two attached hydrogens (primary N) is 1. The SMILES string of the molecule is COCCCN(CCOC)Cc1ccc(OC)c(CN)c1. The van der Waals surface area contributed by atoms with Crippen molar-refractivity contribution >= 4 is 0 Å². The molecule has 0 fully saturated rings. The van der Waals surface area contributed by atoms with Crippen molar-refractivity contribution in [1.82, 2.24) is 4.90 Å². The predicted octanol–water partition coefficient (Wildman–Crippen LogP) is 1.64. The maximum absolute atomic E-state index is 5.77. The minimum Gasteiger partial charge on any atom is -0.496 e. The summed E-state index contributed by atoms with van der Waals surface area (Å²) >= 11 is 0. The summed E-state index contributed by atoms with van der Waals surface area (Å²) in [6.07, 6.45) is 1.01. The molecule has 0 aliphatic carbocycles. The topological polar surface area (TPSA) is 57.0 Å². The zero-order chi connectivity index (χ0) is 15.5. The zero-order valence-corrected chi connectivity index (χ0v) is 13.4. The second kappa shape index (κ2) is 10.6. The molecule has 0 saturated heterocycles. The van der Waals surface area contributed by atoms with Crippen LogP contribution in [0.1, 0.15) is 17.5 Å². The summed E-state index contributed by atoms with van der Waals surface area (Å²) in [5.74, 6) is 0.851. The molecular weight excluding hydrogens is 268 g/mol. The molecule has 1 aromatic rings. The van der Waals surface area contributed by atoms with Crippen molar-refractivity contribution in [2.45, 2.75) is 19.5 Å². The van der Waals surface area contributed by atoms with E-state index >= 15 is 0 Å². The molecule has 0 aliphatic heterocycles. The van der Waals surface area contributed by atoms with Crippen molar-refractivity contribution in [3.8, 4) is 5.75 Å². The van der Waals surface area contributed by atoms with Gasteiger partial charge in [0.05, 0.1) is 13.7 Å². The largest absolute Gasteiger partial charge is 0.496 e. The van der Waals surface area contributed by atoms with Gasteiger partial charge in [-0.25, -0.2) is 0 Å². The number of rotatable bonds is 11. The van der Waals surface area contributed by atoms with E-state index in [1.807, 2.05) is 6.07 Å². The van der Waals surface area contributed by atoms with E-state index < -0.39 is 0 Å². The van der Waals surface area contributed by atoms with E-state index in [0.29, 0.717) is 6.54 Å². The monoisotopic (exact) mass is 296 g/mol. The van der Waals surface area contributed by atoms with Gasteiger partial charge in [0.2, 0.25) is 0 Å². The van der Waals surface area contributed by atoms with E-state index in [-0.39, 0.29) is 0 Å². The fourth-order valence-corrected chi connectivity index (χ4v) is 2.27. The number of hydrogen-bond donors (Lipinski definition) is 1. The summed E-state index contributed by atoms with van der Waals surface area (Å²) in [7, 11) is 5.13. The van der Waals surface area contributed by atoms with Crippen molar-refractivity contribution < 1.29 is 14.2 Å². The smallest absolute Gasteiger partial charge is 0.123 e. The average Bonchev–Trinajstić information content (AvgIpc) is 2.52. The fourth-order valence-electron chi connectivity index (χ4n) is 2.27. The van der Waals surface area contributed by atoms with Gasteiger partial charge in [-0.1, -0.05) is 6.07 Å². The highest BCUT2D eigenvalue weighted by Gasteiger charge is 2.08. The second-order valence-corrected chi connectivity index (χ2v) is 4.97. The highest BCUT2D eigenvalue weighted by Crippen LogP contribution is 2.20. The molecule has 0 unspecified atom stereocenters. The van der Waals surface area contributed by atoms with Crippen LogP contribution in [0.3, 0.4) is 0 Å². The van der Waals surface area contributed by atoms with Gasteiger partial charge in [0.15, 0.2) is 0 Å². The van der Waals surface area contributed by atoms with Crippen LogP contribution in [0.2, 0.25) is 0 Å². The summed E-state index contributed by atoms with van der Waals surface area (Å²) in [5, 5.41) is 0. The Bertz CT molecular complexity index is 399. The van der Waals surface area contributed by atoms with Crippen molar-refractivity contribution in [1.29, 1.82) is 0 Å². The zero-order valence-electron chi connectivity index (χ0n) is 13.4. The van der Waals surface area contributed by atoms with Crippen molar-refractivity contribution in [3.05, 3.63) is 29.3 Å². The Morgan fingerprint density at radius 2 is 1.81 bits per heavy atom. The van der Waals surface area contributed by atoms with Gasteiger partial charge in [-0.2, -0.15) is 0 Å². The molecule has 0 saturated carbocycles. The Labute approximate surface area is 128 Å². The van der Waals surface area contributed by atoms with Crippen LogP contribution in [0.25, 0.3) is 0 Å². The molecule has 5 nitrogen and oxygen atoms in total. The number of ether oxygens (including phenoxy) is 3. The van der Waals surface area contributed by atoms with Crippen LogP contribution >= 0.6 is 0 Å². The average molecular weight is 296 g/mol. The van der Waals surface area contributed by atoms with Gasteiger partial charge in [0.25, 0.3) is 0 Å². The van der Waals surface area contributed by atoms with E-state index in [0.717, 1.165) is 50.6 Å². The number of nitrogens with zero attached hydrogens (tertiary/aromatic N) is 1. The molecule has 2 N–H and O–H groups in total. The second-order valence-electron chi connectivity index (χ2n) is 4.97. The Kier molecular flexibility index (Phi) is 9.01. The van der Waals surface area contributed by atoms with Gasteiger partial charge in [-0.05, 0) is 24.1 Å². The Balaban J connectivity index is 2.67. The van der Waals surface area contributed by atoms with Crippen LogP contribution < -0.4 is 10.5 Å². The van der Waals surface area contributed by atoms with E-state index in [1.54, 1.807) is 21.3 Å². The molecule has 0 spiro atoms. The van der Waals surface area contributed by atoms with Crippen LogP contribution in [-0.2, 0) is 22.6 Å². The Hall–Kier alpha value is -1.14.